The van der Waals surface area contributed by atoms with Crippen LogP contribution in [0.4, 0.5) is 0 Å². The summed E-state index contributed by atoms with van der Waals surface area (Å²) in [5.41, 5.74) is 0. The monoisotopic (exact) mass is 290 g/mol. The smallest absolute Gasteiger partial charge is 0.376 e. The van der Waals surface area contributed by atoms with Crippen LogP contribution in [0.5, 0.6) is 0 Å². The molecule has 0 aromatic rings. The van der Waals surface area contributed by atoms with Gasteiger partial charge < -0.3 is 24.5 Å². The Labute approximate surface area is 113 Å². The zero-order valence-corrected chi connectivity index (χ0v) is 12.9. The molecular formula is C12H22O6Si. The molecule has 3 N–H and O–H groups in total. The number of ether oxygens (including phenoxy) is 1. The fourth-order valence-corrected chi connectivity index (χ4v) is 2.32. The van der Waals surface area contributed by atoms with Crippen molar-refractivity contribution in [3.63, 3.8) is 0 Å². The van der Waals surface area contributed by atoms with Gasteiger partial charge in [-0.3, -0.25) is 0 Å². The van der Waals surface area contributed by atoms with Crippen LogP contribution < -0.4 is 0 Å². The lowest BCUT2D eigenvalue weighted by Crippen LogP contribution is -2.41. The summed E-state index contributed by atoms with van der Waals surface area (Å²) in [6.45, 7) is 9.23. The summed E-state index contributed by atoms with van der Waals surface area (Å²) >= 11 is 0. The first-order valence-electron chi connectivity index (χ1n) is 6.13. The van der Waals surface area contributed by atoms with E-state index in [4.69, 9.17) is 14.3 Å². The molecule has 0 spiro atoms. The van der Waals surface area contributed by atoms with E-state index in [0.29, 0.717) is 0 Å². The van der Waals surface area contributed by atoms with Gasteiger partial charge >= 0.3 is 5.97 Å². The number of rotatable bonds is 4. The van der Waals surface area contributed by atoms with E-state index in [0.717, 1.165) is 0 Å². The van der Waals surface area contributed by atoms with Crippen molar-refractivity contribution in [2.24, 2.45) is 0 Å². The summed E-state index contributed by atoms with van der Waals surface area (Å²) in [5.74, 6) is -1.50. The van der Waals surface area contributed by atoms with Crippen LogP contribution in [0.3, 0.4) is 0 Å². The Bertz CT molecular complexity index is 396. The summed E-state index contributed by atoms with van der Waals surface area (Å²) in [7, 11) is -2.29. The Balaban J connectivity index is 3.00. The van der Waals surface area contributed by atoms with Gasteiger partial charge in [0.1, 0.15) is 6.10 Å². The third-order valence-corrected chi connectivity index (χ3v) is 7.95. The molecule has 1 heterocycles. The van der Waals surface area contributed by atoms with Crippen LogP contribution in [-0.4, -0.2) is 48.4 Å². The van der Waals surface area contributed by atoms with Crippen LogP contribution >= 0.6 is 0 Å². The zero-order valence-electron chi connectivity index (χ0n) is 11.9. The highest BCUT2D eigenvalue weighted by Crippen LogP contribution is 2.39. The molecular weight excluding hydrogens is 268 g/mol. The molecule has 0 aromatic carbocycles. The Morgan fingerprint density at radius 3 is 2.37 bits per heavy atom. The molecule has 0 aliphatic carbocycles. The van der Waals surface area contributed by atoms with Gasteiger partial charge in [0.2, 0.25) is 5.76 Å². The Morgan fingerprint density at radius 1 is 1.42 bits per heavy atom. The van der Waals surface area contributed by atoms with Crippen LogP contribution in [0.15, 0.2) is 11.5 Å². The molecule has 0 bridgehead atoms. The van der Waals surface area contributed by atoms with E-state index < -0.39 is 38.9 Å². The largest absolute Gasteiger partial charge is 0.536 e. The van der Waals surface area contributed by atoms with Crippen molar-refractivity contribution >= 4 is 14.3 Å². The average Bonchev–Trinajstić information content (AvgIpc) is 2.54. The lowest BCUT2D eigenvalue weighted by molar-refractivity contribution is -0.147. The molecule has 0 unspecified atom stereocenters. The number of hydrogen-bond donors (Lipinski definition) is 3. The van der Waals surface area contributed by atoms with Crippen molar-refractivity contribution in [3.05, 3.63) is 11.5 Å². The van der Waals surface area contributed by atoms with Crippen molar-refractivity contribution in [2.75, 3.05) is 6.61 Å². The number of cyclic esters (lactones) is 1. The third-order valence-electron chi connectivity index (χ3n) is 3.62. The number of carbonyl (C=O) groups is 1. The first kappa shape index (κ1) is 16.0. The van der Waals surface area contributed by atoms with Crippen LogP contribution in [0.2, 0.25) is 18.1 Å². The standard InChI is InChI=1S/C12H22O6Si/c1-12(2,3)19(4,5)18-10-8(15)9(7(14)6-13)17-11(10)16/h7,9,13-15H,6H2,1-5H3/t7-,9+/m0/s1. The maximum absolute atomic E-state index is 11.7. The van der Waals surface area contributed by atoms with Gasteiger partial charge in [0, 0.05) is 0 Å². The Morgan fingerprint density at radius 2 is 1.95 bits per heavy atom. The summed E-state index contributed by atoms with van der Waals surface area (Å²) in [6.07, 6.45) is -2.61. The van der Waals surface area contributed by atoms with Gasteiger partial charge in [-0.2, -0.15) is 0 Å². The average molecular weight is 290 g/mol. The van der Waals surface area contributed by atoms with E-state index in [1.807, 2.05) is 33.9 Å². The molecule has 6 nitrogen and oxygen atoms in total. The first-order valence-corrected chi connectivity index (χ1v) is 9.04. The summed E-state index contributed by atoms with van der Waals surface area (Å²) in [4.78, 5) is 11.7. The molecule has 0 saturated carbocycles. The van der Waals surface area contributed by atoms with Crippen molar-refractivity contribution in [1.82, 2.24) is 0 Å². The van der Waals surface area contributed by atoms with Gasteiger partial charge in [0.25, 0.3) is 8.32 Å². The van der Waals surface area contributed by atoms with E-state index in [2.05, 4.69) is 0 Å². The molecule has 110 valence electrons. The lowest BCUT2D eigenvalue weighted by Gasteiger charge is -2.36. The fourth-order valence-electron chi connectivity index (χ4n) is 1.32. The molecule has 1 aliphatic rings. The molecule has 19 heavy (non-hydrogen) atoms. The topological polar surface area (TPSA) is 96.2 Å². The van der Waals surface area contributed by atoms with Gasteiger partial charge in [0.15, 0.2) is 11.9 Å². The van der Waals surface area contributed by atoms with E-state index in [9.17, 15) is 15.0 Å². The zero-order chi connectivity index (χ0) is 15.0. The van der Waals surface area contributed by atoms with E-state index in [-0.39, 0.29) is 10.8 Å². The number of aliphatic hydroxyl groups excluding tert-OH is 3. The van der Waals surface area contributed by atoms with Gasteiger partial charge in [-0.15, -0.1) is 0 Å². The fraction of sp³-hybridized carbons (Fsp3) is 0.750. The minimum Gasteiger partial charge on any atom is -0.536 e. The quantitative estimate of drug-likeness (QED) is 0.529. The second kappa shape index (κ2) is 5.14. The molecule has 0 amide bonds. The highest BCUT2D eigenvalue weighted by atomic mass is 28.4. The molecule has 1 aliphatic heterocycles. The maximum atomic E-state index is 11.7. The van der Waals surface area contributed by atoms with Gasteiger partial charge in [-0.05, 0) is 18.1 Å². The maximum Gasteiger partial charge on any atom is 0.376 e. The number of aliphatic hydroxyl groups is 3. The first-order chi connectivity index (χ1) is 8.51. The number of hydrogen-bond acceptors (Lipinski definition) is 6. The molecule has 0 aromatic heterocycles. The minimum atomic E-state index is -2.29. The summed E-state index contributed by atoms with van der Waals surface area (Å²) in [5, 5.41) is 28.1. The molecule has 0 radical (unpaired) electrons. The molecule has 0 fully saturated rings. The van der Waals surface area contributed by atoms with Crippen LogP contribution in [-0.2, 0) is 14.0 Å². The third kappa shape index (κ3) is 3.10. The van der Waals surface area contributed by atoms with Crippen molar-refractivity contribution < 1.29 is 29.3 Å². The number of esters is 1. The predicted octanol–water partition coefficient (Wildman–Crippen LogP) is 1.06. The van der Waals surface area contributed by atoms with Crippen LogP contribution in [0.1, 0.15) is 20.8 Å². The minimum absolute atomic E-state index is 0.145. The second-order valence-corrected chi connectivity index (χ2v) is 10.9. The van der Waals surface area contributed by atoms with E-state index >= 15 is 0 Å². The van der Waals surface area contributed by atoms with Gasteiger partial charge in [-0.1, -0.05) is 20.8 Å². The second-order valence-electron chi connectivity index (χ2n) is 6.15. The highest BCUT2D eigenvalue weighted by Gasteiger charge is 2.46. The molecule has 2 atom stereocenters. The highest BCUT2D eigenvalue weighted by molar-refractivity contribution is 6.74. The Hall–Kier alpha value is -1.05. The molecule has 1 rings (SSSR count). The predicted molar refractivity (Wildman–Crippen MR) is 70.9 cm³/mol. The van der Waals surface area contributed by atoms with Gasteiger partial charge in [0.05, 0.1) is 6.61 Å². The van der Waals surface area contributed by atoms with Crippen LogP contribution in [0, 0.1) is 0 Å². The SMILES string of the molecule is CC(C)(C)[Si](C)(C)OC1=C(O)[C@@H]([C@@H](O)CO)OC1=O. The van der Waals surface area contributed by atoms with E-state index in [1.54, 1.807) is 0 Å². The molecule has 7 heteroatoms. The van der Waals surface area contributed by atoms with Crippen molar-refractivity contribution in [2.45, 2.75) is 51.1 Å². The number of carbonyl (C=O) groups excluding carboxylic acids is 1. The summed E-state index contributed by atoms with van der Waals surface area (Å²) in [6, 6.07) is 0. The molecule has 0 saturated heterocycles. The van der Waals surface area contributed by atoms with E-state index in [1.165, 1.54) is 0 Å². The van der Waals surface area contributed by atoms with Crippen molar-refractivity contribution in [1.29, 1.82) is 0 Å². The summed E-state index contributed by atoms with van der Waals surface area (Å²) < 4.78 is 10.5. The normalized spacial score (nSPS) is 22.5. The van der Waals surface area contributed by atoms with Crippen LogP contribution in [0.25, 0.3) is 0 Å². The lowest BCUT2D eigenvalue weighted by atomic mass is 10.2. The Kier molecular flexibility index (Phi) is 4.33. The van der Waals surface area contributed by atoms with Gasteiger partial charge in [-0.25, -0.2) is 4.79 Å². The van der Waals surface area contributed by atoms with Crippen molar-refractivity contribution in [3.8, 4) is 0 Å².